The molecule has 19 heavy (non-hydrogen) atoms. The lowest BCUT2D eigenvalue weighted by molar-refractivity contribution is -0.143. The van der Waals surface area contributed by atoms with E-state index in [0.29, 0.717) is 12.2 Å². The lowest BCUT2D eigenvalue weighted by Crippen LogP contribution is -2.40. The van der Waals surface area contributed by atoms with Crippen LogP contribution in [0.2, 0.25) is 0 Å². The number of amides is 1. The minimum atomic E-state index is -0.283. The summed E-state index contributed by atoms with van der Waals surface area (Å²) >= 11 is 0. The summed E-state index contributed by atoms with van der Waals surface area (Å²) in [6, 6.07) is 8.76. The quantitative estimate of drug-likeness (QED) is 0.802. The average Bonchev–Trinajstić information content (AvgIpc) is 2.39. The minimum Gasteiger partial charge on any atom is -0.466 e. The van der Waals surface area contributed by atoms with Gasteiger partial charge in [0.1, 0.15) is 0 Å². The summed E-state index contributed by atoms with van der Waals surface area (Å²) in [5.74, 6) is -0.282. The first-order chi connectivity index (χ1) is 9.04. The van der Waals surface area contributed by atoms with Crippen molar-refractivity contribution in [2.75, 3.05) is 6.61 Å². The molecule has 1 amide bonds. The summed E-state index contributed by atoms with van der Waals surface area (Å²) in [6.45, 7) is 6.06. The Hall–Kier alpha value is -1.84. The maximum Gasteiger partial charge on any atom is 0.307 e. The Kier molecular flexibility index (Phi) is 6.06. The molecule has 1 N–H and O–H groups in total. The number of hydrogen-bond donors (Lipinski definition) is 1. The maximum atomic E-state index is 12.0. The van der Waals surface area contributed by atoms with Crippen molar-refractivity contribution in [1.29, 1.82) is 0 Å². The van der Waals surface area contributed by atoms with Crippen molar-refractivity contribution in [2.45, 2.75) is 33.2 Å². The molecule has 0 bridgehead atoms. The highest BCUT2D eigenvalue weighted by Gasteiger charge is 2.20. The first-order valence-electron chi connectivity index (χ1n) is 6.56. The van der Waals surface area contributed by atoms with Gasteiger partial charge in [0, 0.05) is 11.6 Å². The van der Waals surface area contributed by atoms with Crippen molar-refractivity contribution in [3.05, 3.63) is 35.9 Å². The summed E-state index contributed by atoms with van der Waals surface area (Å²) in [5.41, 5.74) is 0.594. The molecule has 1 aromatic carbocycles. The molecule has 4 nitrogen and oxygen atoms in total. The zero-order valence-electron chi connectivity index (χ0n) is 11.7. The van der Waals surface area contributed by atoms with Crippen LogP contribution in [0.4, 0.5) is 0 Å². The summed E-state index contributed by atoms with van der Waals surface area (Å²) in [7, 11) is 0. The van der Waals surface area contributed by atoms with E-state index < -0.39 is 0 Å². The van der Waals surface area contributed by atoms with Gasteiger partial charge in [-0.25, -0.2) is 0 Å². The van der Waals surface area contributed by atoms with Gasteiger partial charge in [0.15, 0.2) is 0 Å². The second-order valence-electron chi connectivity index (χ2n) is 4.70. The molecule has 0 aromatic heterocycles. The van der Waals surface area contributed by atoms with E-state index in [1.54, 1.807) is 19.1 Å². The SMILES string of the molecule is CCOC(=O)C[C@@H](NC(=O)c1ccccc1)C(C)C. The van der Waals surface area contributed by atoms with Crippen molar-refractivity contribution < 1.29 is 14.3 Å². The molecule has 0 unspecified atom stereocenters. The van der Waals surface area contributed by atoms with E-state index in [1.165, 1.54) is 0 Å². The fourth-order valence-electron chi connectivity index (χ4n) is 1.69. The monoisotopic (exact) mass is 263 g/mol. The predicted molar refractivity (Wildman–Crippen MR) is 73.8 cm³/mol. The fraction of sp³-hybridized carbons (Fsp3) is 0.467. The molecule has 4 heteroatoms. The van der Waals surface area contributed by atoms with E-state index >= 15 is 0 Å². The third-order valence-corrected chi connectivity index (χ3v) is 2.85. The predicted octanol–water partition coefficient (Wildman–Crippen LogP) is 2.39. The van der Waals surface area contributed by atoms with Gasteiger partial charge in [-0.15, -0.1) is 0 Å². The number of carbonyl (C=O) groups excluding carboxylic acids is 2. The summed E-state index contributed by atoms with van der Waals surface area (Å²) in [5, 5.41) is 2.88. The molecule has 0 spiro atoms. The number of hydrogen-bond acceptors (Lipinski definition) is 3. The molecular weight excluding hydrogens is 242 g/mol. The van der Waals surface area contributed by atoms with Crippen LogP contribution in [0.25, 0.3) is 0 Å². The van der Waals surface area contributed by atoms with Crippen LogP contribution >= 0.6 is 0 Å². The van der Waals surface area contributed by atoms with E-state index in [1.807, 2.05) is 32.0 Å². The first kappa shape index (κ1) is 15.2. The number of rotatable bonds is 6. The maximum absolute atomic E-state index is 12.0. The number of esters is 1. The van der Waals surface area contributed by atoms with E-state index in [0.717, 1.165) is 0 Å². The van der Waals surface area contributed by atoms with Crippen LogP contribution in [0, 0.1) is 5.92 Å². The van der Waals surface area contributed by atoms with Gasteiger partial charge in [-0.05, 0) is 25.0 Å². The second-order valence-corrected chi connectivity index (χ2v) is 4.70. The highest BCUT2D eigenvalue weighted by atomic mass is 16.5. The zero-order valence-corrected chi connectivity index (χ0v) is 11.7. The standard InChI is InChI=1S/C15H21NO3/c1-4-19-14(17)10-13(11(2)3)16-15(18)12-8-6-5-7-9-12/h5-9,11,13H,4,10H2,1-3H3,(H,16,18)/t13-/m1/s1. The lowest BCUT2D eigenvalue weighted by Gasteiger charge is -2.21. The molecule has 104 valence electrons. The van der Waals surface area contributed by atoms with Gasteiger partial charge in [-0.2, -0.15) is 0 Å². The van der Waals surface area contributed by atoms with Crippen molar-refractivity contribution in [1.82, 2.24) is 5.32 Å². The van der Waals surface area contributed by atoms with Crippen molar-refractivity contribution >= 4 is 11.9 Å². The molecule has 0 aliphatic carbocycles. The van der Waals surface area contributed by atoms with Crippen molar-refractivity contribution in [3.8, 4) is 0 Å². The second kappa shape index (κ2) is 7.56. The number of nitrogens with one attached hydrogen (secondary N) is 1. The average molecular weight is 263 g/mol. The number of carbonyl (C=O) groups is 2. The Morgan fingerprint density at radius 3 is 2.37 bits per heavy atom. The molecule has 1 aromatic rings. The van der Waals surface area contributed by atoms with E-state index in [9.17, 15) is 9.59 Å². The molecule has 0 saturated heterocycles. The third-order valence-electron chi connectivity index (χ3n) is 2.85. The van der Waals surface area contributed by atoms with Gasteiger partial charge in [-0.3, -0.25) is 9.59 Å². The lowest BCUT2D eigenvalue weighted by atomic mass is 10.0. The van der Waals surface area contributed by atoms with Gasteiger partial charge in [0.05, 0.1) is 13.0 Å². The van der Waals surface area contributed by atoms with Crippen LogP contribution in [-0.2, 0) is 9.53 Å². The minimum absolute atomic E-state index is 0.163. The first-order valence-corrected chi connectivity index (χ1v) is 6.56. The van der Waals surface area contributed by atoms with Crippen LogP contribution < -0.4 is 5.32 Å². The Morgan fingerprint density at radius 2 is 1.84 bits per heavy atom. The normalized spacial score (nSPS) is 12.0. The van der Waals surface area contributed by atoms with Crippen LogP contribution in [0.15, 0.2) is 30.3 Å². The van der Waals surface area contributed by atoms with Gasteiger partial charge in [-0.1, -0.05) is 32.0 Å². The molecule has 0 saturated carbocycles. The molecule has 0 fully saturated rings. The van der Waals surface area contributed by atoms with Gasteiger partial charge < -0.3 is 10.1 Å². The van der Waals surface area contributed by atoms with E-state index in [4.69, 9.17) is 4.74 Å². The van der Waals surface area contributed by atoms with Crippen LogP contribution in [0.1, 0.15) is 37.6 Å². The van der Waals surface area contributed by atoms with Gasteiger partial charge in [0.2, 0.25) is 0 Å². The Labute approximate surface area is 114 Å². The summed E-state index contributed by atoms with van der Waals surface area (Å²) in [4.78, 5) is 23.5. The van der Waals surface area contributed by atoms with Crippen LogP contribution in [-0.4, -0.2) is 24.5 Å². The molecule has 0 aliphatic rings. The largest absolute Gasteiger partial charge is 0.466 e. The highest BCUT2D eigenvalue weighted by Crippen LogP contribution is 2.09. The molecular formula is C15H21NO3. The van der Waals surface area contributed by atoms with Gasteiger partial charge >= 0.3 is 5.97 Å². The van der Waals surface area contributed by atoms with Gasteiger partial charge in [0.25, 0.3) is 5.91 Å². The topological polar surface area (TPSA) is 55.4 Å². The van der Waals surface area contributed by atoms with Crippen LogP contribution in [0.3, 0.4) is 0 Å². The number of benzene rings is 1. The van der Waals surface area contributed by atoms with Crippen LogP contribution in [0.5, 0.6) is 0 Å². The third kappa shape index (κ3) is 5.12. The Morgan fingerprint density at radius 1 is 1.21 bits per heavy atom. The molecule has 0 radical (unpaired) electrons. The molecule has 1 atom stereocenters. The smallest absolute Gasteiger partial charge is 0.307 e. The zero-order chi connectivity index (χ0) is 14.3. The summed E-state index contributed by atoms with van der Waals surface area (Å²) in [6.07, 6.45) is 0.198. The summed E-state index contributed by atoms with van der Waals surface area (Å²) < 4.78 is 4.92. The Bertz CT molecular complexity index is 415. The molecule has 1 rings (SSSR count). The van der Waals surface area contributed by atoms with E-state index in [2.05, 4.69) is 5.32 Å². The number of ether oxygens (including phenoxy) is 1. The van der Waals surface area contributed by atoms with E-state index in [-0.39, 0.29) is 30.3 Å². The highest BCUT2D eigenvalue weighted by molar-refractivity contribution is 5.94. The van der Waals surface area contributed by atoms with Crippen molar-refractivity contribution in [2.24, 2.45) is 5.92 Å². The van der Waals surface area contributed by atoms with Crippen molar-refractivity contribution in [3.63, 3.8) is 0 Å². The fourth-order valence-corrected chi connectivity index (χ4v) is 1.69. The molecule has 0 heterocycles. The Balaban J connectivity index is 2.64. The molecule has 0 aliphatic heterocycles.